The minimum atomic E-state index is -0.0775. The molecule has 1 aromatic rings. The Bertz CT molecular complexity index is 361. The highest BCUT2D eigenvalue weighted by molar-refractivity contribution is 5.00. The molecule has 1 aliphatic rings. The van der Waals surface area contributed by atoms with E-state index in [9.17, 15) is 5.11 Å². The number of aromatic nitrogens is 2. The first-order valence-corrected chi connectivity index (χ1v) is 7.35. The average Bonchev–Trinajstić information content (AvgIpc) is 2.76. The molecule has 0 aliphatic heterocycles. The molecule has 1 aliphatic carbocycles. The number of nitrogens with zero attached hydrogens (tertiary/aromatic N) is 2. The molecule has 18 heavy (non-hydrogen) atoms. The van der Waals surface area contributed by atoms with Crippen molar-refractivity contribution in [2.24, 2.45) is 18.9 Å². The van der Waals surface area contributed by atoms with E-state index >= 15 is 0 Å². The van der Waals surface area contributed by atoms with Crippen LogP contribution in [-0.4, -0.2) is 21.0 Å². The van der Waals surface area contributed by atoms with Crippen molar-refractivity contribution in [1.29, 1.82) is 0 Å². The quantitative estimate of drug-likeness (QED) is 0.872. The van der Waals surface area contributed by atoms with Gasteiger partial charge < -0.3 is 5.11 Å². The molecule has 0 saturated heterocycles. The smallest absolute Gasteiger partial charge is 0.0568 e. The van der Waals surface area contributed by atoms with E-state index in [2.05, 4.69) is 18.1 Å². The summed E-state index contributed by atoms with van der Waals surface area (Å²) < 4.78 is 1.94. The van der Waals surface area contributed by atoms with Gasteiger partial charge in [0, 0.05) is 18.9 Å². The first-order valence-electron chi connectivity index (χ1n) is 7.35. The van der Waals surface area contributed by atoms with E-state index in [1.54, 1.807) is 0 Å². The lowest BCUT2D eigenvalue weighted by molar-refractivity contribution is 0.0418. The fourth-order valence-electron chi connectivity index (χ4n) is 3.31. The SMILES string of the molecule is CCCC1CCC(O)C(CCc2ccnn2C)C1. The molecule has 1 aromatic heterocycles. The van der Waals surface area contributed by atoms with Crippen molar-refractivity contribution in [3.63, 3.8) is 0 Å². The normalized spacial score (nSPS) is 28.5. The number of aliphatic hydroxyl groups is 1. The number of rotatable bonds is 5. The largest absolute Gasteiger partial charge is 0.393 e. The summed E-state index contributed by atoms with van der Waals surface area (Å²) in [5.74, 6) is 1.33. The zero-order valence-electron chi connectivity index (χ0n) is 11.7. The van der Waals surface area contributed by atoms with Crippen molar-refractivity contribution in [2.45, 2.75) is 58.0 Å². The Kier molecular flexibility index (Phi) is 4.81. The zero-order chi connectivity index (χ0) is 13.0. The van der Waals surface area contributed by atoms with Gasteiger partial charge in [0.05, 0.1) is 6.10 Å². The highest BCUT2D eigenvalue weighted by Crippen LogP contribution is 2.34. The molecule has 0 radical (unpaired) electrons. The third kappa shape index (κ3) is 3.35. The first-order chi connectivity index (χ1) is 8.70. The van der Waals surface area contributed by atoms with Gasteiger partial charge in [0.2, 0.25) is 0 Å². The topological polar surface area (TPSA) is 38.1 Å². The maximum absolute atomic E-state index is 10.1. The minimum Gasteiger partial charge on any atom is -0.393 e. The molecule has 3 nitrogen and oxygen atoms in total. The van der Waals surface area contributed by atoms with Crippen LogP contribution >= 0.6 is 0 Å². The van der Waals surface area contributed by atoms with Crippen molar-refractivity contribution in [3.8, 4) is 0 Å². The van der Waals surface area contributed by atoms with Crippen LogP contribution in [0, 0.1) is 11.8 Å². The van der Waals surface area contributed by atoms with E-state index < -0.39 is 0 Å². The van der Waals surface area contributed by atoms with Gasteiger partial charge in [0.15, 0.2) is 0 Å². The third-order valence-electron chi connectivity index (χ3n) is 4.44. The van der Waals surface area contributed by atoms with Gasteiger partial charge in [-0.15, -0.1) is 0 Å². The molecule has 3 unspecified atom stereocenters. The van der Waals surface area contributed by atoms with Crippen LogP contribution < -0.4 is 0 Å². The molecule has 0 spiro atoms. The highest BCUT2D eigenvalue weighted by Gasteiger charge is 2.28. The Morgan fingerprint density at radius 3 is 2.89 bits per heavy atom. The Labute approximate surface area is 110 Å². The summed E-state index contributed by atoms with van der Waals surface area (Å²) in [5.41, 5.74) is 1.28. The highest BCUT2D eigenvalue weighted by atomic mass is 16.3. The van der Waals surface area contributed by atoms with Gasteiger partial charge in [-0.2, -0.15) is 5.10 Å². The van der Waals surface area contributed by atoms with E-state index in [1.807, 2.05) is 17.9 Å². The maximum atomic E-state index is 10.1. The fraction of sp³-hybridized carbons (Fsp3) is 0.800. The van der Waals surface area contributed by atoms with Crippen LogP contribution in [0.2, 0.25) is 0 Å². The van der Waals surface area contributed by atoms with Crippen LogP contribution in [0.3, 0.4) is 0 Å². The number of aliphatic hydroxyl groups excluding tert-OH is 1. The van der Waals surface area contributed by atoms with Gasteiger partial charge in [-0.05, 0) is 50.0 Å². The van der Waals surface area contributed by atoms with E-state index in [-0.39, 0.29) is 6.10 Å². The van der Waals surface area contributed by atoms with Crippen LogP contribution in [0.1, 0.15) is 51.1 Å². The molecule has 2 rings (SSSR count). The summed E-state index contributed by atoms with van der Waals surface area (Å²) in [7, 11) is 1.99. The molecule has 0 amide bonds. The second kappa shape index (κ2) is 6.37. The van der Waals surface area contributed by atoms with Gasteiger partial charge in [-0.1, -0.05) is 19.8 Å². The van der Waals surface area contributed by atoms with Crippen molar-refractivity contribution >= 4 is 0 Å². The minimum absolute atomic E-state index is 0.0775. The van der Waals surface area contributed by atoms with Gasteiger partial charge in [0.25, 0.3) is 0 Å². The summed E-state index contributed by atoms with van der Waals surface area (Å²) >= 11 is 0. The fourth-order valence-corrected chi connectivity index (χ4v) is 3.31. The molecule has 1 N–H and O–H groups in total. The molecular weight excluding hydrogens is 224 g/mol. The molecule has 3 heteroatoms. The predicted molar refractivity (Wildman–Crippen MR) is 73.3 cm³/mol. The van der Waals surface area contributed by atoms with Crippen molar-refractivity contribution in [1.82, 2.24) is 9.78 Å². The van der Waals surface area contributed by atoms with Gasteiger partial charge >= 0.3 is 0 Å². The van der Waals surface area contributed by atoms with Gasteiger partial charge in [-0.3, -0.25) is 4.68 Å². The second-order valence-electron chi connectivity index (χ2n) is 5.78. The molecule has 1 heterocycles. The van der Waals surface area contributed by atoms with Gasteiger partial charge in [-0.25, -0.2) is 0 Å². The molecule has 1 fully saturated rings. The Hall–Kier alpha value is -0.830. The van der Waals surface area contributed by atoms with Crippen LogP contribution in [0.5, 0.6) is 0 Å². The molecule has 102 valence electrons. The molecule has 1 saturated carbocycles. The summed E-state index contributed by atoms with van der Waals surface area (Å²) in [4.78, 5) is 0. The summed E-state index contributed by atoms with van der Waals surface area (Å²) in [6.45, 7) is 2.26. The van der Waals surface area contributed by atoms with E-state index in [4.69, 9.17) is 0 Å². The maximum Gasteiger partial charge on any atom is 0.0568 e. The van der Waals surface area contributed by atoms with Crippen molar-refractivity contribution in [3.05, 3.63) is 18.0 Å². The lowest BCUT2D eigenvalue weighted by Crippen LogP contribution is -2.29. The zero-order valence-corrected chi connectivity index (χ0v) is 11.7. The molecular formula is C15H26N2O. The summed E-state index contributed by atoms with van der Waals surface area (Å²) in [6, 6.07) is 2.08. The lowest BCUT2D eigenvalue weighted by atomic mass is 9.76. The standard InChI is InChI=1S/C15H26N2O/c1-3-4-12-5-8-15(18)13(11-12)6-7-14-9-10-16-17(14)2/h9-10,12-13,15,18H,3-8,11H2,1-2H3. The Morgan fingerprint density at radius 2 is 2.22 bits per heavy atom. The molecule has 0 bridgehead atoms. The third-order valence-corrected chi connectivity index (χ3v) is 4.44. The first kappa shape index (κ1) is 13.6. The van der Waals surface area contributed by atoms with Gasteiger partial charge in [0.1, 0.15) is 0 Å². The average molecular weight is 250 g/mol. The van der Waals surface area contributed by atoms with Crippen LogP contribution in [0.15, 0.2) is 12.3 Å². The predicted octanol–water partition coefficient (Wildman–Crippen LogP) is 2.93. The van der Waals surface area contributed by atoms with Crippen molar-refractivity contribution < 1.29 is 5.11 Å². The van der Waals surface area contributed by atoms with Crippen LogP contribution in [-0.2, 0) is 13.5 Å². The Balaban J connectivity index is 1.85. The molecule has 0 aromatic carbocycles. The van der Waals surface area contributed by atoms with Crippen LogP contribution in [0.25, 0.3) is 0 Å². The summed E-state index contributed by atoms with van der Waals surface area (Å²) in [5, 5.41) is 14.3. The number of aryl methyl sites for hydroxylation is 2. The number of hydrogen-bond donors (Lipinski definition) is 1. The monoisotopic (exact) mass is 250 g/mol. The Morgan fingerprint density at radius 1 is 1.39 bits per heavy atom. The van der Waals surface area contributed by atoms with Crippen LogP contribution in [0.4, 0.5) is 0 Å². The molecule has 3 atom stereocenters. The summed E-state index contributed by atoms with van der Waals surface area (Å²) in [6.07, 6.45) is 9.95. The van der Waals surface area contributed by atoms with E-state index in [1.165, 1.54) is 31.4 Å². The second-order valence-corrected chi connectivity index (χ2v) is 5.78. The van der Waals surface area contributed by atoms with E-state index in [0.717, 1.165) is 25.2 Å². The van der Waals surface area contributed by atoms with E-state index in [0.29, 0.717) is 5.92 Å². The van der Waals surface area contributed by atoms with Crippen molar-refractivity contribution in [2.75, 3.05) is 0 Å². The number of hydrogen-bond acceptors (Lipinski definition) is 2. The lowest BCUT2D eigenvalue weighted by Gasteiger charge is -2.33.